The predicted octanol–water partition coefficient (Wildman–Crippen LogP) is 1.60. The van der Waals surface area contributed by atoms with Crippen LogP contribution in [0.3, 0.4) is 0 Å². The minimum atomic E-state index is -4.53. The van der Waals surface area contributed by atoms with E-state index in [9.17, 15) is 27.9 Å². The van der Waals surface area contributed by atoms with E-state index in [2.05, 4.69) is 9.97 Å². The molecule has 1 aromatic heterocycles. The van der Waals surface area contributed by atoms with Gasteiger partial charge in [-0.25, -0.2) is 4.79 Å². The van der Waals surface area contributed by atoms with Gasteiger partial charge in [-0.2, -0.15) is 13.2 Å². The van der Waals surface area contributed by atoms with E-state index in [1.54, 1.807) is 0 Å². The van der Waals surface area contributed by atoms with Crippen LogP contribution in [0.1, 0.15) is 35.3 Å². The van der Waals surface area contributed by atoms with Crippen molar-refractivity contribution in [2.45, 2.75) is 24.6 Å². The zero-order chi connectivity index (χ0) is 18.9. The molecule has 2 heterocycles. The van der Waals surface area contributed by atoms with Crippen molar-refractivity contribution in [1.82, 2.24) is 14.9 Å². The van der Waals surface area contributed by atoms with Gasteiger partial charge in [0.05, 0.1) is 11.7 Å². The van der Waals surface area contributed by atoms with Crippen LogP contribution < -0.4 is 11.2 Å². The number of likely N-dealkylation sites (tertiary alicyclic amines) is 1. The molecule has 140 valence electrons. The van der Waals surface area contributed by atoms with Crippen molar-refractivity contribution in [3.05, 3.63) is 68.0 Å². The summed E-state index contributed by atoms with van der Waals surface area (Å²) >= 11 is 0. The number of aromatic amines is 2. The summed E-state index contributed by atoms with van der Waals surface area (Å²) in [6, 6.07) is 6.28. The molecule has 0 aliphatic carbocycles. The van der Waals surface area contributed by atoms with Gasteiger partial charge in [0, 0.05) is 30.8 Å². The Hall–Kier alpha value is -2.39. The van der Waals surface area contributed by atoms with Crippen molar-refractivity contribution in [1.29, 1.82) is 0 Å². The Labute approximate surface area is 146 Å². The smallest absolute Gasteiger partial charge is 0.387 e. The summed E-state index contributed by atoms with van der Waals surface area (Å²) in [5.41, 5.74) is -1.60. The Balaban J connectivity index is 1.71. The first-order valence-electron chi connectivity index (χ1n) is 8.14. The van der Waals surface area contributed by atoms with Crippen molar-refractivity contribution >= 4 is 0 Å². The van der Waals surface area contributed by atoms with E-state index in [4.69, 9.17) is 0 Å². The van der Waals surface area contributed by atoms with E-state index in [-0.39, 0.29) is 18.0 Å². The molecule has 26 heavy (non-hydrogen) atoms. The summed E-state index contributed by atoms with van der Waals surface area (Å²) in [5.74, 6) is -0.116. The molecule has 0 radical (unpaired) electrons. The molecule has 2 aromatic rings. The second-order valence-electron chi connectivity index (χ2n) is 6.39. The lowest BCUT2D eigenvalue weighted by Gasteiger charge is -2.23. The van der Waals surface area contributed by atoms with Gasteiger partial charge in [0.2, 0.25) is 0 Å². The monoisotopic (exact) mass is 369 g/mol. The Morgan fingerprint density at radius 3 is 2.65 bits per heavy atom. The third kappa shape index (κ3) is 4.05. The van der Waals surface area contributed by atoms with Crippen LogP contribution in [0.2, 0.25) is 0 Å². The number of hydrogen-bond acceptors (Lipinski definition) is 4. The first kappa shape index (κ1) is 18.4. The molecule has 0 amide bonds. The van der Waals surface area contributed by atoms with E-state index < -0.39 is 29.1 Å². The molecule has 1 aliphatic rings. The lowest BCUT2D eigenvalue weighted by molar-refractivity contribution is -0.139. The molecule has 0 bridgehead atoms. The van der Waals surface area contributed by atoms with Gasteiger partial charge < -0.3 is 10.1 Å². The standard InChI is InChI=1S/C17H18F3N3O3/c18-17(19,20)12-4-2-1-3-11(12)14(24)9-23-6-5-10(8-23)13-7-15(25)22-16(26)21-13/h1-4,7,10,14,24H,5-6,8-9H2,(H2,21,22,25,26). The lowest BCUT2D eigenvalue weighted by Crippen LogP contribution is -2.28. The maximum Gasteiger partial charge on any atom is 0.416 e. The van der Waals surface area contributed by atoms with Crippen LogP contribution in [0.15, 0.2) is 39.9 Å². The van der Waals surface area contributed by atoms with Crippen LogP contribution in [-0.4, -0.2) is 39.6 Å². The largest absolute Gasteiger partial charge is 0.416 e. The number of β-amino-alcohol motifs (C(OH)–C–C–N with tert-alkyl or cyclic N) is 1. The minimum absolute atomic E-state index is 0.0387. The van der Waals surface area contributed by atoms with Crippen LogP contribution in [0.5, 0.6) is 0 Å². The number of alkyl halides is 3. The zero-order valence-corrected chi connectivity index (χ0v) is 13.7. The summed E-state index contributed by atoms with van der Waals surface area (Å²) in [6.07, 6.45) is -5.19. The fourth-order valence-corrected chi connectivity index (χ4v) is 3.35. The molecular weight excluding hydrogens is 351 g/mol. The average Bonchev–Trinajstić information content (AvgIpc) is 3.01. The molecule has 9 heteroatoms. The summed E-state index contributed by atoms with van der Waals surface area (Å²) in [5, 5.41) is 10.3. The highest BCUT2D eigenvalue weighted by Gasteiger charge is 2.35. The predicted molar refractivity (Wildman–Crippen MR) is 87.9 cm³/mol. The van der Waals surface area contributed by atoms with Crippen molar-refractivity contribution in [3.8, 4) is 0 Å². The van der Waals surface area contributed by atoms with Gasteiger partial charge in [0.25, 0.3) is 5.56 Å². The number of aliphatic hydroxyl groups excluding tert-OH is 1. The van der Waals surface area contributed by atoms with Crippen molar-refractivity contribution < 1.29 is 18.3 Å². The van der Waals surface area contributed by atoms with Gasteiger partial charge in [-0.15, -0.1) is 0 Å². The molecular formula is C17H18F3N3O3. The highest BCUT2D eigenvalue weighted by atomic mass is 19.4. The second kappa shape index (κ2) is 7.08. The maximum absolute atomic E-state index is 13.1. The number of H-pyrrole nitrogens is 2. The third-order valence-corrected chi connectivity index (χ3v) is 4.55. The second-order valence-corrected chi connectivity index (χ2v) is 6.39. The Morgan fingerprint density at radius 2 is 1.96 bits per heavy atom. The van der Waals surface area contributed by atoms with Crippen LogP contribution in [-0.2, 0) is 6.18 Å². The van der Waals surface area contributed by atoms with Crippen molar-refractivity contribution in [3.63, 3.8) is 0 Å². The highest BCUT2D eigenvalue weighted by Crippen LogP contribution is 2.35. The van der Waals surface area contributed by atoms with Gasteiger partial charge in [0.15, 0.2) is 0 Å². The van der Waals surface area contributed by atoms with Crippen LogP contribution in [0, 0.1) is 0 Å². The van der Waals surface area contributed by atoms with Gasteiger partial charge in [-0.1, -0.05) is 18.2 Å². The third-order valence-electron chi connectivity index (χ3n) is 4.55. The number of aliphatic hydroxyl groups is 1. The number of nitrogens with one attached hydrogen (secondary N) is 2. The molecule has 3 rings (SSSR count). The molecule has 1 aliphatic heterocycles. The number of rotatable bonds is 4. The zero-order valence-electron chi connectivity index (χ0n) is 13.7. The van der Waals surface area contributed by atoms with Crippen LogP contribution >= 0.6 is 0 Å². The van der Waals surface area contributed by atoms with E-state index in [0.717, 1.165) is 6.07 Å². The summed E-state index contributed by atoms with van der Waals surface area (Å²) in [7, 11) is 0. The van der Waals surface area contributed by atoms with Crippen molar-refractivity contribution in [2.24, 2.45) is 0 Å². The fourth-order valence-electron chi connectivity index (χ4n) is 3.35. The molecule has 0 spiro atoms. The normalized spacial score (nSPS) is 19.6. The topological polar surface area (TPSA) is 89.2 Å². The summed E-state index contributed by atoms with van der Waals surface area (Å²) in [4.78, 5) is 29.3. The lowest BCUT2D eigenvalue weighted by atomic mass is 10.0. The van der Waals surface area contributed by atoms with Gasteiger partial charge in [0.1, 0.15) is 0 Å². The van der Waals surface area contributed by atoms with Gasteiger partial charge in [-0.05, 0) is 24.6 Å². The number of aromatic nitrogens is 2. The maximum atomic E-state index is 13.1. The molecule has 1 saturated heterocycles. The van der Waals surface area contributed by atoms with E-state index in [1.165, 1.54) is 24.3 Å². The Bertz CT molecular complexity index is 863. The number of nitrogens with zero attached hydrogens (tertiary/aromatic N) is 1. The molecule has 6 nitrogen and oxygen atoms in total. The number of benzene rings is 1. The van der Waals surface area contributed by atoms with Crippen molar-refractivity contribution in [2.75, 3.05) is 19.6 Å². The summed E-state index contributed by atoms with van der Waals surface area (Å²) < 4.78 is 39.3. The van der Waals surface area contributed by atoms with E-state index >= 15 is 0 Å². The quantitative estimate of drug-likeness (QED) is 0.764. The molecule has 1 fully saturated rings. The van der Waals surface area contributed by atoms with E-state index in [1.807, 2.05) is 4.90 Å². The molecule has 2 atom stereocenters. The SMILES string of the molecule is O=c1cc(C2CCN(CC(O)c3ccccc3C(F)(F)F)C2)[nH]c(=O)[nH]1. The molecule has 3 N–H and O–H groups in total. The van der Waals surface area contributed by atoms with E-state index in [0.29, 0.717) is 25.2 Å². The summed E-state index contributed by atoms with van der Waals surface area (Å²) in [6.45, 7) is 1.02. The van der Waals surface area contributed by atoms with Gasteiger partial charge >= 0.3 is 11.9 Å². The number of halogens is 3. The first-order chi connectivity index (χ1) is 12.2. The van der Waals surface area contributed by atoms with Crippen LogP contribution in [0.4, 0.5) is 13.2 Å². The molecule has 0 saturated carbocycles. The Kier molecular flexibility index (Phi) is 5.01. The number of hydrogen-bond donors (Lipinski definition) is 3. The molecule has 2 unspecified atom stereocenters. The minimum Gasteiger partial charge on any atom is -0.387 e. The Morgan fingerprint density at radius 1 is 1.23 bits per heavy atom. The molecule has 1 aromatic carbocycles. The average molecular weight is 369 g/mol. The van der Waals surface area contributed by atoms with Crippen LogP contribution in [0.25, 0.3) is 0 Å². The fraction of sp³-hybridized carbons (Fsp3) is 0.412. The van der Waals surface area contributed by atoms with Gasteiger partial charge in [-0.3, -0.25) is 14.7 Å². The first-order valence-corrected chi connectivity index (χ1v) is 8.14. The highest BCUT2D eigenvalue weighted by molar-refractivity contribution is 5.31.